The van der Waals surface area contributed by atoms with Crippen LogP contribution < -0.4 is 0 Å². The van der Waals surface area contributed by atoms with Crippen molar-refractivity contribution in [2.45, 2.75) is 277 Å². The number of esters is 3. The number of carbonyl (C=O) groups is 3. The zero-order valence-corrected chi connectivity index (χ0v) is 50.4. The first-order valence-electron chi connectivity index (χ1n) is 31.8. The Balaban J connectivity index is 4.50. The van der Waals surface area contributed by atoms with Crippen LogP contribution in [0.2, 0.25) is 0 Å². The van der Waals surface area contributed by atoms with E-state index in [1.54, 1.807) is 0 Å². The van der Waals surface area contributed by atoms with E-state index >= 15 is 0 Å². The average Bonchev–Trinajstić information content (AvgIpc) is 3.44. The van der Waals surface area contributed by atoms with E-state index in [1.807, 2.05) is 0 Å². The zero-order valence-electron chi connectivity index (χ0n) is 50.4. The SMILES string of the molecule is CC/C=C\C/C=C\C/C=C\C/C=C\C/C=C\C/C=C\C/C=C\CCCC(=O)OCC(COC(=O)CCCCCCCCCCCCCCCC)OC(=O)CCCCCCCCC/C=C\C/C=C\C/C=C\C/C=C\C/C=C\CC. The summed E-state index contributed by atoms with van der Waals surface area (Å²) in [5.74, 6) is -0.976. The lowest BCUT2D eigenvalue weighted by Crippen LogP contribution is -2.30. The van der Waals surface area contributed by atoms with Crippen molar-refractivity contribution in [3.05, 3.63) is 146 Å². The fourth-order valence-electron chi connectivity index (χ4n) is 8.40. The molecule has 0 aromatic carbocycles. The van der Waals surface area contributed by atoms with Crippen LogP contribution >= 0.6 is 0 Å². The Hall–Kier alpha value is -4.71. The molecule has 0 aliphatic carbocycles. The molecule has 0 saturated heterocycles. The van der Waals surface area contributed by atoms with E-state index in [0.717, 1.165) is 135 Å². The molecule has 0 rings (SSSR count). The van der Waals surface area contributed by atoms with Gasteiger partial charge in [0.1, 0.15) is 13.2 Å². The van der Waals surface area contributed by atoms with Gasteiger partial charge in [-0.1, -0.05) is 282 Å². The lowest BCUT2D eigenvalue weighted by Gasteiger charge is -2.18. The van der Waals surface area contributed by atoms with Crippen molar-refractivity contribution in [1.29, 1.82) is 0 Å². The van der Waals surface area contributed by atoms with Crippen molar-refractivity contribution in [3.8, 4) is 0 Å². The van der Waals surface area contributed by atoms with Gasteiger partial charge in [-0.05, 0) is 116 Å². The first kappa shape index (κ1) is 73.3. The van der Waals surface area contributed by atoms with Gasteiger partial charge in [-0.15, -0.1) is 0 Å². The quantitative estimate of drug-likeness (QED) is 0.0261. The average molecular weight is 1080 g/mol. The van der Waals surface area contributed by atoms with Crippen LogP contribution in [0, 0.1) is 0 Å². The summed E-state index contributed by atoms with van der Waals surface area (Å²) in [7, 11) is 0. The summed E-state index contributed by atoms with van der Waals surface area (Å²) < 4.78 is 16.9. The summed E-state index contributed by atoms with van der Waals surface area (Å²) in [5, 5.41) is 0. The molecular weight excluding hydrogens is 961 g/mol. The highest BCUT2D eigenvalue weighted by Crippen LogP contribution is 2.15. The van der Waals surface area contributed by atoms with E-state index in [1.165, 1.54) is 89.9 Å². The van der Waals surface area contributed by atoms with E-state index in [-0.39, 0.29) is 37.5 Å². The smallest absolute Gasteiger partial charge is 0.306 e. The zero-order chi connectivity index (χ0) is 56.4. The molecule has 0 bridgehead atoms. The van der Waals surface area contributed by atoms with Crippen molar-refractivity contribution in [1.82, 2.24) is 0 Å². The fourth-order valence-corrected chi connectivity index (χ4v) is 8.40. The van der Waals surface area contributed by atoms with Crippen molar-refractivity contribution < 1.29 is 28.6 Å². The maximum Gasteiger partial charge on any atom is 0.306 e. The summed E-state index contributed by atoms with van der Waals surface area (Å²) in [5.41, 5.74) is 0. The Bertz CT molecular complexity index is 1710. The molecule has 6 nitrogen and oxygen atoms in total. The first-order chi connectivity index (χ1) is 38.5. The number of hydrogen-bond acceptors (Lipinski definition) is 6. The van der Waals surface area contributed by atoms with Crippen LogP contribution in [-0.2, 0) is 28.6 Å². The topological polar surface area (TPSA) is 78.9 Å². The molecule has 1 atom stereocenters. The second-order valence-corrected chi connectivity index (χ2v) is 20.6. The van der Waals surface area contributed by atoms with Crippen molar-refractivity contribution in [3.63, 3.8) is 0 Å². The summed E-state index contributed by atoms with van der Waals surface area (Å²) >= 11 is 0. The molecule has 1 unspecified atom stereocenters. The molecule has 0 heterocycles. The third-order valence-electron chi connectivity index (χ3n) is 13.1. The van der Waals surface area contributed by atoms with Gasteiger partial charge in [-0.3, -0.25) is 14.4 Å². The van der Waals surface area contributed by atoms with Crippen molar-refractivity contribution in [2.75, 3.05) is 13.2 Å². The second-order valence-electron chi connectivity index (χ2n) is 20.6. The van der Waals surface area contributed by atoms with Gasteiger partial charge in [-0.2, -0.15) is 0 Å². The molecule has 440 valence electrons. The van der Waals surface area contributed by atoms with Gasteiger partial charge in [0.2, 0.25) is 0 Å². The van der Waals surface area contributed by atoms with Gasteiger partial charge in [0.05, 0.1) is 0 Å². The number of allylic oxidation sites excluding steroid dienone is 24. The minimum absolute atomic E-state index is 0.104. The van der Waals surface area contributed by atoms with E-state index in [9.17, 15) is 14.4 Å². The summed E-state index contributed by atoms with van der Waals surface area (Å²) in [6.07, 6.45) is 92.8. The van der Waals surface area contributed by atoms with Crippen molar-refractivity contribution >= 4 is 17.9 Å². The third kappa shape index (κ3) is 62.1. The van der Waals surface area contributed by atoms with E-state index in [4.69, 9.17) is 14.2 Å². The molecule has 78 heavy (non-hydrogen) atoms. The number of ether oxygens (including phenoxy) is 3. The van der Waals surface area contributed by atoms with Crippen molar-refractivity contribution in [2.24, 2.45) is 0 Å². The van der Waals surface area contributed by atoms with Gasteiger partial charge in [0.15, 0.2) is 6.10 Å². The highest BCUT2D eigenvalue weighted by Gasteiger charge is 2.19. The first-order valence-corrected chi connectivity index (χ1v) is 31.8. The standard InChI is InChI=1S/C72H116O6/c1-4-7-10-13-16-19-22-25-28-30-32-34-36-38-40-42-44-47-50-53-56-59-62-65-71(74)77-68-69(67-76-70(73)64-61-58-55-52-49-46-27-24-21-18-15-12-9-6-3)78-72(75)66-63-60-57-54-51-48-45-43-41-39-37-35-33-31-29-26-23-20-17-14-11-8-5-2/h7-8,10-11,16-17,19-20,25-26,28-29,32-35,38-41,44,47,53,56,69H,4-6,9,12-15,18,21-24,27,30-31,36-37,42-43,45-46,48-52,54-55,57-68H2,1-3H3/b10-7-,11-8-,19-16-,20-17-,28-25-,29-26-,34-32-,35-33-,40-38-,41-39-,47-44-,56-53-. The maximum atomic E-state index is 12.9. The Morgan fingerprint density at radius 1 is 0.269 bits per heavy atom. The van der Waals surface area contributed by atoms with Gasteiger partial charge < -0.3 is 14.2 Å². The van der Waals surface area contributed by atoms with Crippen LogP contribution in [0.15, 0.2) is 146 Å². The van der Waals surface area contributed by atoms with Crippen LogP contribution in [0.5, 0.6) is 0 Å². The number of hydrogen-bond donors (Lipinski definition) is 0. The molecular formula is C72H116O6. The Labute approximate surface area is 480 Å². The predicted molar refractivity (Wildman–Crippen MR) is 339 cm³/mol. The minimum Gasteiger partial charge on any atom is -0.462 e. The molecule has 0 radical (unpaired) electrons. The highest BCUT2D eigenvalue weighted by atomic mass is 16.6. The van der Waals surface area contributed by atoms with E-state index in [2.05, 4.69) is 167 Å². The van der Waals surface area contributed by atoms with Crippen LogP contribution in [-0.4, -0.2) is 37.2 Å². The molecule has 0 amide bonds. The second kappa shape index (κ2) is 64.8. The van der Waals surface area contributed by atoms with Crippen LogP contribution in [0.4, 0.5) is 0 Å². The minimum atomic E-state index is -0.814. The monoisotopic (exact) mass is 1080 g/mol. The highest BCUT2D eigenvalue weighted by molar-refractivity contribution is 5.71. The molecule has 0 aromatic rings. The molecule has 0 aliphatic rings. The van der Waals surface area contributed by atoms with Crippen LogP contribution in [0.25, 0.3) is 0 Å². The summed E-state index contributed by atoms with van der Waals surface area (Å²) in [6.45, 7) is 6.36. The van der Waals surface area contributed by atoms with E-state index in [0.29, 0.717) is 19.3 Å². The largest absolute Gasteiger partial charge is 0.462 e. The maximum absolute atomic E-state index is 12.9. The molecule has 0 N–H and O–H groups in total. The van der Waals surface area contributed by atoms with Gasteiger partial charge in [-0.25, -0.2) is 0 Å². The summed E-state index contributed by atoms with van der Waals surface area (Å²) in [6, 6.07) is 0. The number of unbranched alkanes of at least 4 members (excludes halogenated alkanes) is 21. The third-order valence-corrected chi connectivity index (χ3v) is 13.1. The van der Waals surface area contributed by atoms with Crippen LogP contribution in [0.1, 0.15) is 271 Å². The van der Waals surface area contributed by atoms with Gasteiger partial charge in [0.25, 0.3) is 0 Å². The molecule has 0 aliphatic heterocycles. The summed E-state index contributed by atoms with van der Waals surface area (Å²) in [4.78, 5) is 38.3. The Morgan fingerprint density at radius 2 is 0.513 bits per heavy atom. The fraction of sp³-hybridized carbons (Fsp3) is 0.625. The lowest BCUT2D eigenvalue weighted by molar-refractivity contribution is -0.167. The normalized spacial score (nSPS) is 13.1. The molecule has 6 heteroatoms. The number of carbonyl (C=O) groups excluding carboxylic acids is 3. The predicted octanol–water partition coefficient (Wildman–Crippen LogP) is 21.9. The van der Waals surface area contributed by atoms with Gasteiger partial charge >= 0.3 is 17.9 Å². The molecule has 0 spiro atoms. The molecule has 0 aromatic heterocycles. The van der Waals surface area contributed by atoms with Gasteiger partial charge in [0, 0.05) is 19.3 Å². The molecule has 0 saturated carbocycles. The number of rotatable bonds is 56. The van der Waals surface area contributed by atoms with Crippen LogP contribution in [0.3, 0.4) is 0 Å². The Morgan fingerprint density at radius 3 is 0.833 bits per heavy atom. The van der Waals surface area contributed by atoms with E-state index < -0.39 is 6.10 Å². The Kier molecular flexibility index (Phi) is 60.9. The molecule has 0 fully saturated rings. The lowest BCUT2D eigenvalue weighted by atomic mass is 10.0.